The molecular weight excluding hydrogens is 308 g/mol. The molecule has 0 bridgehead atoms. The van der Waals surface area contributed by atoms with E-state index in [0.29, 0.717) is 12.2 Å². The molecule has 8 heteroatoms. The first-order valence-electron chi connectivity index (χ1n) is 6.67. The van der Waals surface area contributed by atoms with E-state index in [2.05, 4.69) is 15.0 Å². The maximum absolute atomic E-state index is 11.8. The zero-order chi connectivity index (χ0) is 15.0. The summed E-state index contributed by atoms with van der Waals surface area (Å²) in [5, 5.41) is 0.968. The third-order valence-electron chi connectivity index (χ3n) is 3.50. The standard InChI is InChI=1S/C13H16N4O2S2/c1-9-15-8-13(20-9)11-7-14-6-10(16-11)12-4-3-5-17(12)21(2,18)19/h6-8,12H,3-5H2,1-2H3/t12-/m1/s1. The van der Waals surface area contributed by atoms with Crippen molar-refractivity contribution in [2.24, 2.45) is 0 Å². The van der Waals surface area contributed by atoms with Crippen LogP contribution in [0.25, 0.3) is 10.6 Å². The summed E-state index contributed by atoms with van der Waals surface area (Å²) in [5.74, 6) is 0. The van der Waals surface area contributed by atoms with Gasteiger partial charge in [0, 0.05) is 12.7 Å². The molecule has 0 aliphatic carbocycles. The van der Waals surface area contributed by atoms with Crippen molar-refractivity contribution >= 4 is 21.4 Å². The van der Waals surface area contributed by atoms with Crippen LogP contribution in [-0.4, -0.2) is 40.5 Å². The maximum atomic E-state index is 11.8. The summed E-state index contributed by atoms with van der Waals surface area (Å²) in [4.78, 5) is 14.0. The summed E-state index contributed by atoms with van der Waals surface area (Å²) in [6, 6.07) is -0.207. The summed E-state index contributed by atoms with van der Waals surface area (Å²) < 4.78 is 25.2. The molecule has 0 unspecified atom stereocenters. The van der Waals surface area contributed by atoms with Gasteiger partial charge in [0.05, 0.1) is 40.3 Å². The molecule has 1 atom stereocenters. The van der Waals surface area contributed by atoms with E-state index in [0.717, 1.165) is 28.4 Å². The molecule has 3 rings (SSSR count). The second-order valence-corrected chi connectivity index (χ2v) is 8.27. The predicted molar refractivity (Wildman–Crippen MR) is 81.4 cm³/mol. The fraction of sp³-hybridized carbons (Fsp3) is 0.462. The van der Waals surface area contributed by atoms with E-state index >= 15 is 0 Å². The molecule has 21 heavy (non-hydrogen) atoms. The van der Waals surface area contributed by atoms with Gasteiger partial charge in [0.25, 0.3) is 0 Å². The quantitative estimate of drug-likeness (QED) is 0.863. The van der Waals surface area contributed by atoms with Crippen molar-refractivity contribution in [2.75, 3.05) is 12.8 Å². The average molecular weight is 324 g/mol. The Kier molecular flexibility index (Phi) is 3.76. The van der Waals surface area contributed by atoms with Gasteiger partial charge in [0.2, 0.25) is 10.0 Å². The smallest absolute Gasteiger partial charge is 0.211 e. The number of rotatable bonds is 3. The first-order valence-corrected chi connectivity index (χ1v) is 9.33. The molecule has 0 aromatic carbocycles. The van der Waals surface area contributed by atoms with E-state index in [4.69, 9.17) is 0 Å². The fourth-order valence-corrected chi connectivity index (χ4v) is 4.44. The molecular formula is C13H16N4O2S2. The van der Waals surface area contributed by atoms with Gasteiger partial charge >= 0.3 is 0 Å². The maximum Gasteiger partial charge on any atom is 0.211 e. The van der Waals surface area contributed by atoms with Crippen molar-refractivity contribution in [1.29, 1.82) is 0 Å². The van der Waals surface area contributed by atoms with E-state index in [-0.39, 0.29) is 6.04 Å². The number of aryl methyl sites for hydroxylation is 1. The van der Waals surface area contributed by atoms with Gasteiger partial charge in [-0.05, 0) is 19.8 Å². The van der Waals surface area contributed by atoms with Gasteiger partial charge in [0.1, 0.15) is 5.69 Å². The van der Waals surface area contributed by atoms with Crippen molar-refractivity contribution in [1.82, 2.24) is 19.3 Å². The van der Waals surface area contributed by atoms with Crippen molar-refractivity contribution in [3.05, 3.63) is 29.3 Å². The normalized spacial score (nSPS) is 20.0. The summed E-state index contributed by atoms with van der Waals surface area (Å²) in [6.07, 6.45) is 8.00. The lowest BCUT2D eigenvalue weighted by Crippen LogP contribution is -2.30. The lowest BCUT2D eigenvalue weighted by atomic mass is 10.1. The highest BCUT2D eigenvalue weighted by molar-refractivity contribution is 7.88. The molecule has 6 nitrogen and oxygen atoms in total. The van der Waals surface area contributed by atoms with Gasteiger partial charge in [-0.1, -0.05) is 0 Å². The Labute approximate surface area is 127 Å². The minimum absolute atomic E-state index is 0.207. The monoisotopic (exact) mass is 324 g/mol. The van der Waals surface area contributed by atoms with Crippen molar-refractivity contribution in [3.8, 4) is 10.6 Å². The second-order valence-electron chi connectivity index (χ2n) is 5.10. The van der Waals surface area contributed by atoms with Crippen LogP contribution in [-0.2, 0) is 10.0 Å². The van der Waals surface area contributed by atoms with Crippen LogP contribution >= 0.6 is 11.3 Å². The molecule has 0 saturated carbocycles. The molecule has 2 aromatic rings. The fourth-order valence-electron chi connectivity index (χ4n) is 2.57. The van der Waals surface area contributed by atoms with E-state index < -0.39 is 10.0 Å². The zero-order valence-corrected chi connectivity index (χ0v) is 13.5. The highest BCUT2D eigenvalue weighted by Crippen LogP contribution is 2.33. The Balaban J connectivity index is 1.96. The van der Waals surface area contributed by atoms with E-state index in [1.54, 1.807) is 29.9 Å². The third-order valence-corrected chi connectivity index (χ3v) is 5.72. The Bertz CT molecular complexity index is 757. The Hall–Kier alpha value is -1.38. The molecule has 0 amide bonds. The second kappa shape index (κ2) is 5.43. The Morgan fingerprint density at radius 2 is 2.14 bits per heavy atom. The zero-order valence-electron chi connectivity index (χ0n) is 11.9. The average Bonchev–Trinajstić information content (AvgIpc) is 3.06. The molecule has 1 aliphatic rings. The van der Waals surface area contributed by atoms with Crippen LogP contribution in [0.3, 0.4) is 0 Å². The van der Waals surface area contributed by atoms with Gasteiger partial charge in [-0.3, -0.25) is 4.98 Å². The van der Waals surface area contributed by atoms with Gasteiger partial charge < -0.3 is 0 Å². The number of thiazole rings is 1. The van der Waals surface area contributed by atoms with Crippen molar-refractivity contribution in [2.45, 2.75) is 25.8 Å². The predicted octanol–water partition coefficient (Wildman–Crippen LogP) is 2.01. The molecule has 1 fully saturated rings. The molecule has 0 N–H and O–H groups in total. The summed E-state index contributed by atoms with van der Waals surface area (Å²) in [5.41, 5.74) is 1.46. The van der Waals surface area contributed by atoms with Gasteiger partial charge in [0.15, 0.2) is 0 Å². The molecule has 0 radical (unpaired) electrons. The van der Waals surface area contributed by atoms with Gasteiger partial charge in [-0.25, -0.2) is 18.4 Å². The molecule has 1 aliphatic heterocycles. The van der Waals surface area contributed by atoms with Crippen LogP contribution in [0.2, 0.25) is 0 Å². The molecule has 1 saturated heterocycles. The highest BCUT2D eigenvalue weighted by atomic mass is 32.2. The van der Waals surface area contributed by atoms with Crippen molar-refractivity contribution in [3.63, 3.8) is 0 Å². The minimum atomic E-state index is -3.22. The largest absolute Gasteiger partial charge is 0.260 e. The van der Waals surface area contributed by atoms with E-state index in [1.807, 2.05) is 6.92 Å². The van der Waals surface area contributed by atoms with Crippen LogP contribution in [0.4, 0.5) is 0 Å². The van der Waals surface area contributed by atoms with E-state index in [1.165, 1.54) is 10.6 Å². The van der Waals surface area contributed by atoms with Crippen molar-refractivity contribution < 1.29 is 8.42 Å². The topological polar surface area (TPSA) is 76.1 Å². The molecule has 3 heterocycles. The SMILES string of the molecule is Cc1ncc(-c2cncc([C@H]3CCCN3S(C)(=O)=O)n2)s1. The first-order chi connectivity index (χ1) is 9.95. The van der Waals surface area contributed by atoms with Crippen LogP contribution in [0.1, 0.15) is 29.6 Å². The van der Waals surface area contributed by atoms with E-state index in [9.17, 15) is 8.42 Å². The number of nitrogens with zero attached hydrogens (tertiary/aromatic N) is 4. The van der Waals surface area contributed by atoms with Crippen LogP contribution in [0.5, 0.6) is 0 Å². The molecule has 112 valence electrons. The number of sulfonamides is 1. The summed E-state index contributed by atoms with van der Waals surface area (Å²) in [6.45, 7) is 2.49. The highest BCUT2D eigenvalue weighted by Gasteiger charge is 2.33. The Morgan fingerprint density at radius 3 is 2.81 bits per heavy atom. The van der Waals surface area contributed by atoms with Crippen LogP contribution in [0.15, 0.2) is 18.6 Å². The summed E-state index contributed by atoms with van der Waals surface area (Å²) >= 11 is 1.55. The minimum Gasteiger partial charge on any atom is -0.260 e. The lowest BCUT2D eigenvalue weighted by Gasteiger charge is -2.21. The molecule has 0 spiro atoms. The third kappa shape index (κ3) is 2.97. The number of aromatic nitrogens is 3. The number of hydrogen-bond acceptors (Lipinski definition) is 6. The van der Waals surface area contributed by atoms with Crippen LogP contribution in [0, 0.1) is 6.92 Å². The Morgan fingerprint density at radius 1 is 1.33 bits per heavy atom. The van der Waals surface area contributed by atoms with Gasteiger partial charge in [-0.15, -0.1) is 11.3 Å². The first kappa shape index (κ1) is 14.6. The molecule has 2 aromatic heterocycles. The number of hydrogen-bond donors (Lipinski definition) is 0. The lowest BCUT2D eigenvalue weighted by molar-refractivity contribution is 0.393. The summed E-state index contributed by atoms with van der Waals surface area (Å²) in [7, 11) is -3.22. The van der Waals surface area contributed by atoms with Crippen LogP contribution < -0.4 is 0 Å². The van der Waals surface area contributed by atoms with Gasteiger partial charge in [-0.2, -0.15) is 4.31 Å².